The predicted octanol–water partition coefficient (Wildman–Crippen LogP) is 5.09. The van der Waals surface area contributed by atoms with Crippen LogP contribution < -0.4 is 9.47 Å². The molecule has 0 saturated heterocycles. The first-order chi connectivity index (χ1) is 18.0. The van der Waals surface area contributed by atoms with Crippen molar-refractivity contribution in [2.45, 2.75) is 64.8 Å². The number of amides is 2. The second-order valence-corrected chi connectivity index (χ2v) is 9.16. The van der Waals surface area contributed by atoms with Gasteiger partial charge in [0.2, 0.25) is 11.8 Å². The summed E-state index contributed by atoms with van der Waals surface area (Å²) in [5.74, 6) is 1.88. The van der Waals surface area contributed by atoms with Crippen LogP contribution in [0.15, 0.2) is 41.0 Å². The molecule has 0 aliphatic rings. The average Bonchev–Trinajstić information content (AvgIpc) is 3.43. The molecule has 2 aromatic rings. The Bertz CT molecular complexity index is 915. The third kappa shape index (κ3) is 10.9. The van der Waals surface area contributed by atoms with E-state index in [9.17, 15) is 9.59 Å². The van der Waals surface area contributed by atoms with Crippen LogP contribution in [0, 0.1) is 0 Å². The predicted molar refractivity (Wildman–Crippen MR) is 144 cm³/mol. The lowest BCUT2D eigenvalue weighted by Crippen LogP contribution is -2.44. The van der Waals surface area contributed by atoms with Crippen LogP contribution in [0.2, 0.25) is 0 Å². The van der Waals surface area contributed by atoms with Crippen molar-refractivity contribution in [1.29, 1.82) is 0 Å². The van der Waals surface area contributed by atoms with E-state index in [2.05, 4.69) is 6.92 Å². The van der Waals surface area contributed by atoms with Gasteiger partial charge in [-0.05, 0) is 42.7 Å². The highest BCUT2D eigenvalue weighted by atomic mass is 16.5. The highest BCUT2D eigenvalue weighted by molar-refractivity contribution is 5.84. The quantitative estimate of drug-likeness (QED) is 0.242. The minimum Gasteiger partial charge on any atom is -0.493 e. The second-order valence-electron chi connectivity index (χ2n) is 9.16. The molecule has 0 fully saturated rings. The van der Waals surface area contributed by atoms with Gasteiger partial charge in [-0.1, -0.05) is 45.1 Å². The molecule has 1 aromatic heterocycles. The fraction of sp³-hybridized carbons (Fsp3) is 0.586. The Balaban J connectivity index is 2.04. The van der Waals surface area contributed by atoms with E-state index in [1.54, 1.807) is 43.5 Å². The van der Waals surface area contributed by atoms with Crippen LogP contribution in [0.3, 0.4) is 0 Å². The highest BCUT2D eigenvalue weighted by Crippen LogP contribution is 2.27. The molecule has 1 aromatic carbocycles. The van der Waals surface area contributed by atoms with Gasteiger partial charge in [-0.2, -0.15) is 0 Å². The molecule has 8 nitrogen and oxygen atoms in total. The van der Waals surface area contributed by atoms with Crippen LogP contribution in [-0.2, 0) is 27.3 Å². The van der Waals surface area contributed by atoms with Gasteiger partial charge >= 0.3 is 0 Å². The normalized spacial score (nSPS) is 10.8. The second kappa shape index (κ2) is 17.5. The van der Waals surface area contributed by atoms with Crippen LogP contribution >= 0.6 is 0 Å². The molecule has 0 saturated carbocycles. The zero-order chi connectivity index (χ0) is 26.9. The van der Waals surface area contributed by atoms with Crippen molar-refractivity contribution in [1.82, 2.24) is 9.80 Å². The topological polar surface area (TPSA) is 81.5 Å². The lowest BCUT2D eigenvalue weighted by molar-refractivity contribution is -0.141. The van der Waals surface area contributed by atoms with Gasteiger partial charge in [-0.25, -0.2) is 0 Å². The molecule has 206 valence electrons. The van der Waals surface area contributed by atoms with Crippen molar-refractivity contribution >= 4 is 11.8 Å². The van der Waals surface area contributed by atoms with Crippen molar-refractivity contribution in [3.63, 3.8) is 0 Å². The first kappa shape index (κ1) is 30.2. The molecule has 0 atom stereocenters. The van der Waals surface area contributed by atoms with Gasteiger partial charge in [0, 0.05) is 26.6 Å². The summed E-state index contributed by atoms with van der Waals surface area (Å²) in [7, 11) is 4.81. The van der Waals surface area contributed by atoms with E-state index in [1.807, 2.05) is 24.3 Å². The van der Waals surface area contributed by atoms with E-state index in [1.165, 1.54) is 19.3 Å². The van der Waals surface area contributed by atoms with Crippen molar-refractivity contribution in [2.24, 2.45) is 0 Å². The van der Waals surface area contributed by atoms with E-state index in [0.717, 1.165) is 24.8 Å². The Hall–Kier alpha value is -3.00. The number of unbranched alkanes of at least 4 members (excludes halogenated alkanes) is 5. The molecular formula is C29H44N2O6. The molecule has 0 unspecified atom stereocenters. The maximum absolute atomic E-state index is 13.4. The van der Waals surface area contributed by atoms with Gasteiger partial charge in [-0.3, -0.25) is 9.59 Å². The third-order valence-corrected chi connectivity index (χ3v) is 6.39. The molecule has 0 aliphatic carbocycles. The van der Waals surface area contributed by atoms with Crippen LogP contribution in [0.5, 0.6) is 11.5 Å². The monoisotopic (exact) mass is 516 g/mol. The molecular weight excluding hydrogens is 472 g/mol. The number of carbonyl (C=O) groups excluding carboxylic acids is 2. The molecule has 0 spiro atoms. The van der Waals surface area contributed by atoms with Gasteiger partial charge in [0.05, 0.1) is 40.2 Å². The number of hydrogen-bond acceptors (Lipinski definition) is 6. The molecule has 1 heterocycles. The van der Waals surface area contributed by atoms with Gasteiger partial charge < -0.3 is 28.4 Å². The SMILES string of the molecule is CCCCCCCCC(=O)N(CCOC)CC(=O)N(CCc1ccc(OC)c(OC)c1)Cc1ccco1. The summed E-state index contributed by atoms with van der Waals surface area (Å²) in [4.78, 5) is 29.8. The fourth-order valence-corrected chi connectivity index (χ4v) is 4.15. The molecule has 8 heteroatoms. The molecule has 0 N–H and O–H groups in total. The summed E-state index contributed by atoms with van der Waals surface area (Å²) in [6.07, 6.45) is 9.33. The van der Waals surface area contributed by atoms with E-state index in [-0.39, 0.29) is 18.4 Å². The number of ether oxygens (including phenoxy) is 3. The standard InChI is InChI=1S/C29H44N2O6/c1-5-6-7-8-9-10-13-28(32)31(18-20-34-2)23-29(33)30(22-25-12-11-19-37-25)17-16-24-14-15-26(35-3)27(21-24)36-4/h11-12,14-15,19,21H,5-10,13,16-18,20,22-23H2,1-4H3. The van der Waals surface area contributed by atoms with Gasteiger partial charge in [0.15, 0.2) is 11.5 Å². The largest absolute Gasteiger partial charge is 0.493 e. The van der Waals surface area contributed by atoms with Crippen molar-refractivity contribution < 1.29 is 28.2 Å². The molecule has 37 heavy (non-hydrogen) atoms. The first-order valence-corrected chi connectivity index (χ1v) is 13.3. The summed E-state index contributed by atoms with van der Waals surface area (Å²) in [5.41, 5.74) is 1.02. The number of hydrogen-bond donors (Lipinski definition) is 0. The average molecular weight is 517 g/mol. The summed E-state index contributed by atoms with van der Waals surface area (Å²) in [6.45, 7) is 3.80. The highest BCUT2D eigenvalue weighted by Gasteiger charge is 2.22. The zero-order valence-electron chi connectivity index (χ0n) is 23.0. The van der Waals surface area contributed by atoms with Gasteiger partial charge in [-0.15, -0.1) is 0 Å². The van der Waals surface area contributed by atoms with Crippen molar-refractivity contribution in [3.8, 4) is 11.5 Å². The Morgan fingerprint density at radius 2 is 1.62 bits per heavy atom. The minimum atomic E-state index is -0.121. The summed E-state index contributed by atoms with van der Waals surface area (Å²) in [6, 6.07) is 9.40. The van der Waals surface area contributed by atoms with E-state index < -0.39 is 0 Å². The Morgan fingerprint density at radius 1 is 0.865 bits per heavy atom. The molecule has 2 amide bonds. The molecule has 0 radical (unpaired) electrons. The third-order valence-electron chi connectivity index (χ3n) is 6.39. The van der Waals surface area contributed by atoms with Crippen LogP contribution in [0.1, 0.15) is 63.2 Å². The molecule has 0 bridgehead atoms. The Labute approximate surface area is 221 Å². The van der Waals surface area contributed by atoms with Crippen LogP contribution in [0.4, 0.5) is 0 Å². The maximum Gasteiger partial charge on any atom is 0.242 e. The van der Waals surface area contributed by atoms with E-state index in [0.29, 0.717) is 56.3 Å². The maximum atomic E-state index is 13.4. The van der Waals surface area contributed by atoms with Crippen LogP contribution in [-0.4, -0.2) is 69.2 Å². The molecule has 0 aliphatic heterocycles. The smallest absolute Gasteiger partial charge is 0.242 e. The summed E-state index contributed by atoms with van der Waals surface area (Å²) in [5, 5.41) is 0. The number of benzene rings is 1. The summed E-state index contributed by atoms with van der Waals surface area (Å²) >= 11 is 0. The zero-order valence-corrected chi connectivity index (χ0v) is 23.0. The first-order valence-electron chi connectivity index (χ1n) is 13.3. The van der Waals surface area contributed by atoms with Crippen LogP contribution in [0.25, 0.3) is 0 Å². The Morgan fingerprint density at radius 3 is 2.30 bits per heavy atom. The van der Waals surface area contributed by atoms with Gasteiger partial charge in [0.1, 0.15) is 5.76 Å². The number of carbonyl (C=O) groups is 2. The Kier molecular flexibility index (Phi) is 14.3. The van der Waals surface area contributed by atoms with E-state index in [4.69, 9.17) is 18.6 Å². The minimum absolute atomic E-state index is 0.00118. The molecule has 2 rings (SSSR count). The van der Waals surface area contributed by atoms with Crippen molar-refractivity contribution in [2.75, 3.05) is 47.6 Å². The number of methoxy groups -OCH3 is 3. The van der Waals surface area contributed by atoms with Gasteiger partial charge in [0.25, 0.3) is 0 Å². The fourth-order valence-electron chi connectivity index (χ4n) is 4.15. The number of furan rings is 1. The lowest BCUT2D eigenvalue weighted by atomic mass is 10.1. The van der Waals surface area contributed by atoms with E-state index >= 15 is 0 Å². The summed E-state index contributed by atoms with van der Waals surface area (Å²) < 4.78 is 21.5. The lowest BCUT2D eigenvalue weighted by Gasteiger charge is -2.27. The number of nitrogens with zero attached hydrogens (tertiary/aromatic N) is 2. The number of rotatable bonds is 19. The van der Waals surface area contributed by atoms with Crippen molar-refractivity contribution in [3.05, 3.63) is 47.9 Å².